The maximum absolute atomic E-state index is 11.5. The second-order valence-electron chi connectivity index (χ2n) is 5.14. The van der Waals surface area contributed by atoms with Crippen LogP contribution in [0.4, 0.5) is 4.79 Å². The van der Waals surface area contributed by atoms with Crippen molar-refractivity contribution in [2.24, 2.45) is 5.73 Å². The second-order valence-corrected chi connectivity index (χ2v) is 5.14. The SMILES string of the molecule is NCCOCCC(=O)NCCOCCOC(=O)Oc1ccc(C(=O)O)cc1. The first-order chi connectivity index (χ1) is 13.0. The number of rotatable bonds is 13. The molecule has 4 N–H and O–H groups in total. The number of amides is 1. The molecule has 0 radical (unpaired) electrons. The Kier molecular flexibility index (Phi) is 11.2. The lowest BCUT2D eigenvalue weighted by Gasteiger charge is -2.08. The normalized spacial score (nSPS) is 10.3. The molecule has 0 bridgehead atoms. The number of nitrogens with two attached hydrogens (primary N) is 1. The van der Waals surface area contributed by atoms with Crippen molar-refractivity contribution in [1.82, 2.24) is 5.32 Å². The van der Waals surface area contributed by atoms with Crippen molar-refractivity contribution in [3.05, 3.63) is 29.8 Å². The smallest absolute Gasteiger partial charge is 0.478 e. The fourth-order valence-corrected chi connectivity index (χ4v) is 1.78. The molecular formula is C17H24N2O8. The highest BCUT2D eigenvalue weighted by molar-refractivity contribution is 5.87. The Hall–Kier alpha value is -2.69. The number of carboxylic acids is 1. The molecule has 0 unspecified atom stereocenters. The van der Waals surface area contributed by atoms with E-state index in [9.17, 15) is 14.4 Å². The van der Waals surface area contributed by atoms with E-state index < -0.39 is 12.1 Å². The third-order valence-electron chi connectivity index (χ3n) is 3.05. The Morgan fingerprint density at radius 1 is 0.963 bits per heavy atom. The highest BCUT2D eigenvalue weighted by Gasteiger charge is 2.08. The van der Waals surface area contributed by atoms with Crippen molar-refractivity contribution in [2.75, 3.05) is 46.1 Å². The van der Waals surface area contributed by atoms with E-state index in [0.717, 1.165) is 0 Å². The molecule has 0 aromatic heterocycles. The number of hydrogen-bond donors (Lipinski definition) is 3. The average Bonchev–Trinajstić information content (AvgIpc) is 2.65. The van der Waals surface area contributed by atoms with Gasteiger partial charge in [-0.2, -0.15) is 0 Å². The van der Waals surface area contributed by atoms with Crippen LogP contribution in [0.5, 0.6) is 5.75 Å². The highest BCUT2D eigenvalue weighted by Crippen LogP contribution is 2.12. The predicted molar refractivity (Wildman–Crippen MR) is 93.7 cm³/mol. The van der Waals surface area contributed by atoms with Gasteiger partial charge in [0.1, 0.15) is 12.4 Å². The van der Waals surface area contributed by atoms with Crippen molar-refractivity contribution in [3.63, 3.8) is 0 Å². The third kappa shape index (κ3) is 10.8. The molecule has 27 heavy (non-hydrogen) atoms. The number of carboxylic acid groups (broad SMARTS) is 1. The minimum Gasteiger partial charge on any atom is -0.478 e. The molecule has 0 aliphatic carbocycles. The molecule has 10 heteroatoms. The van der Waals surface area contributed by atoms with E-state index in [1.165, 1.54) is 24.3 Å². The van der Waals surface area contributed by atoms with Crippen LogP contribution in [-0.2, 0) is 19.0 Å². The molecule has 10 nitrogen and oxygen atoms in total. The molecule has 0 spiro atoms. The van der Waals surface area contributed by atoms with Crippen molar-refractivity contribution in [1.29, 1.82) is 0 Å². The molecule has 0 heterocycles. The first-order valence-electron chi connectivity index (χ1n) is 8.33. The van der Waals surface area contributed by atoms with Gasteiger partial charge in [0, 0.05) is 19.5 Å². The molecule has 0 saturated heterocycles. The fourth-order valence-electron chi connectivity index (χ4n) is 1.78. The largest absolute Gasteiger partial charge is 0.513 e. The van der Waals surface area contributed by atoms with E-state index in [1.54, 1.807) is 0 Å². The monoisotopic (exact) mass is 384 g/mol. The zero-order valence-corrected chi connectivity index (χ0v) is 14.8. The summed E-state index contributed by atoms with van der Waals surface area (Å²) >= 11 is 0. The van der Waals surface area contributed by atoms with Crippen LogP contribution in [0.1, 0.15) is 16.8 Å². The summed E-state index contributed by atoms with van der Waals surface area (Å²) in [5, 5.41) is 11.4. The summed E-state index contributed by atoms with van der Waals surface area (Å²) in [6.07, 6.45) is -0.671. The number of aromatic carboxylic acids is 1. The van der Waals surface area contributed by atoms with E-state index in [2.05, 4.69) is 5.32 Å². The zero-order valence-electron chi connectivity index (χ0n) is 14.8. The van der Waals surface area contributed by atoms with Crippen molar-refractivity contribution < 1.29 is 38.4 Å². The molecule has 150 valence electrons. The molecule has 0 saturated carbocycles. The van der Waals surface area contributed by atoms with E-state index in [4.69, 9.17) is 29.8 Å². The topological polar surface area (TPSA) is 146 Å². The maximum atomic E-state index is 11.5. The van der Waals surface area contributed by atoms with Gasteiger partial charge in [-0.05, 0) is 24.3 Å². The highest BCUT2D eigenvalue weighted by atomic mass is 16.7. The van der Waals surface area contributed by atoms with Crippen molar-refractivity contribution >= 4 is 18.0 Å². The summed E-state index contributed by atoms with van der Waals surface area (Å²) in [5.41, 5.74) is 5.34. The number of benzene rings is 1. The van der Waals surface area contributed by atoms with Gasteiger partial charge in [-0.3, -0.25) is 4.79 Å². The van der Waals surface area contributed by atoms with E-state index in [-0.39, 0.29) is 43.5 Å². The van der Waals surface area contributed by atoms with Gasteiger partial charge in [-0.15, -0.1) is 0 Å². The molecule has 0 fully saturated rings. The first-order valence-corrected chi connectivity index (χ1v) is 8.33. The molecule has 1 rings (SSSR count). The lowest BCUT2D eigenvalue weighted by Crippen LogP contribution is -2.28. The molecule has 1 aromatic carbocycles. The number of nitrogens with one attached hydrogen (secondary N) is 1. The standard InChI is InChI=1S/C17H24N2O8/c18-6-9-24-8-5-15(20)19-7-10-25-11-12-26-17(23)27-14-3-1-13(2-4-14)16(21)22/h1-4H,5-12,18H2,(H,19,20)(H,21,22). The van der Waals surface area contributed by atoms with Gasteiger partial charge >= 0.3 is 12.1 Å². The van der Waals surface area contributed by atoms with Crippen LogP contribution in [0.15, 0.2) is 24.3 Å². The summed E-state index contributed by atoms with van der Waals surface area (Å²) in [4.78, 5) is 33.6. The van der Waals surface area contributed by atoms with Crippen LogP contribution in [0, 0.1) is 0 Å². The van der Waals surface area contributed by atoms with Gasteiger partial charge in [-0.25, -0.2) is 9.59 Å². The number of carbonyl (C=O) groups is 3. The van der Waals surface area contributed by atoms with Gasteiger partial charge in [0.25, 0.3) is 0 Å². The van der Waals surface area contributed by atoms with Crippen molar-refractivity contribution in [3.8, 4) is 5.75 Å². The number of hydrogen-bond acceptors (Lipinski definition) is 8. The van der Waals surface area contributed by atoms with Gasteiger partial charge < -0.3 is 35.1 Å². The van der Waals surface area contributed by atoms with E-state index in [1.807, 2.05) is 0 Å². The summed E-state index contributed by atoms with van der Waals surface area (Å²) in [7, 11) is 0. The lowest BCUT2D eigenvalue weighted by molar-refractivity contribution is -0.122. The Labute approximate surface area is 156 Å². The van der Waals surface area contributed by atoms with Gasteiger partial charge in [0.2, 0.25) is 5.91 Å². The van der Waals surface area contributed by atoms with Crippen LogP contribution >= 0.6 is 0 Å². The van der Waals surface area contributed by atoms with Gasteiger partial charge in [0.15, 0.2) is 0 Å². The second kappa shape index (κ2) is 13.5. The van der Waals surface area contributed by atoms with Gasteiger partial charge in [-0.1, -0.05) is 0 Å². The quantitative estimate of drug-likeness (QED) is 0.250. The van der Waals surface area contributed by atoms with Crippen LogP contribution < -0.4 is 15.8 Å². The number of ether oxygens (including phenoxy) is 4. The molecule has 1 amide bonds. The zero-order chi connectivity index (χ0) is 19.9. The van der Waals surface area contributed by atoms with E-state index >= 15 is 0 Å². The predicted octanol–water partition coefficient (Wildman–Crippen LogP) is 0.398. The van der Waals surface area contributed by atoms with Crippen molar-refractivity contribution in [2.45, 2.75) is 6.42 Å². The Morgan fingerprint density at radius 2 is 1.67 bits per heavy atom. The third-order valence-corrected chi connectivity index (χ3v) is 3.05. The molecule has 0 aliphatic heterocycles. The molecule has 0 aliphatic rings. The molecule has 0 atom stereocenters. The summed E-state index contributed by atoms with van der Waals surface area (Å²) in [6.45, 7) is 1.88. The fraction of sp³-hybridized carbons (Fsp3) is 0.471. The summed E-state index contributed by atoms with van der Waals surface area (Å²) < 4.78 is 20.0. The minimum atomic E-state index is -1.07. The summed E-state index contributed by atoms with van der Waals surface area (Å²) in [6, 6.07) is 5.33. The Bertz CT molecular complexity index is 591. The van der Waals surface area contributed by atoms with Crippen LogP contribution in [0.3, 0.4) is 0 Å². The number of carbonyl (C=O) groups excluding carboxylic acids is 2. The van der Waals surface area contributed by atoms with Gasteiger partial charge in [0.05, 0.1) is 32.0 Å². The summed E-state index contributed by atoms with van der Waals surface area (Å²) in [5.74, 6) is -1.05. The van der Waals surface area contributed by atoms with Crippen LogP contribution in [-0.4, -0.2) is 69.3 Å². The van der Waals surface area contributed by atoms with Crippen LogP contribution in [0.2, 0.25) is 0 Å². The average molecular weight is 384 g/mol. The minimum absolute atomic E-state index is 0.0209. The lowest BCUT2D eigenvalue weighted by atomic mass is 10.2. The van der Waals surface area contributed by atoms with E-state index in [0.29, 0.717) is 26.3 Å². The Balaban J connectivity index is 2.02. The van der Waals surface area contributed by atoms with Crippen LogP contribution in [0.25, 0.3) is 0 Å². The molecule has 1 aromatic rings. The first kappa shape index (κ1) is 22.4. The Morgan fingerprint density at radius 3 is 2.33 bits per heavy atom. The molecular weight excluding hydrogens is 360 g/mol. The maximum Gasteiger partial charge on any atom is 0.513 e.